The fourth-order valence-electron chi connectivity index (χ4n) is 2.15. The van der Waals surface area contributed by atoms with Gasteiger partial charge in [-0.05, 0) is 27.9 Å². The predicted octanol–water partition coefficient (Wildman–Crippen LogP) is 3.03. The fraction of sp³-hybridized carbons (Fsp3) is 0.714. The van der Waals surface area contributed by atoms with Crippen LogP contribution in [0.25, 0.3) is 0 Å². The van der Waals surface area contributed by atoms with E-state index >= 15 is 0 Å². The summed E-state index contributed by atoms with van der Waals surface area (Å²) in [6.07, 6.45) is 0. The summed E-state index contributed by atoms with van der Waals surface area (Å²) in [4.78, 5) is 13.4. The van der Waals surface area contributed by atoms with Gasteiger partial charge in [-0.25, -0.2) is 9.97 Å². The molecule has 0 bridgehead atoms. The summed E-state index contributed by atoms with van der Waals surface area (Å²) >= 11 is 6.12. The Bertz CT molecular complexity index is 406. The molecule has 1 rings (SSSR count). The molecule has 0 saturated carbocycles. The molecule has 0 spiro atoms. The summed E-state index contributed by atoms with van der Waals surface area (Å²) in [5.74, 6) is 2.00. The number of rotatable bonds is 6. The van der Waals surface area contributed by atoms with Crippen molar-refractivity contribution in [1.82, 2.24) is 14.9 Å². The van der Waals surface area contributed by atoms with Gasteiger partial charge in [-0.1, -0.05) is 25.4 Å². The van der Waals surface area contributed by atoms with Crippen molar-refractivity contribution in [1.29, 1.82) is 0 Å². The highest BCUT2D eigenvalue weighted by Crippen LogP contribution is 2.21. The maximum absolute atomic E-state index is 6.12. The normalized spacial score (nSPS) is 13.1. The molecular formula is C14H25ClN4. The summed E-state index contributed by atoms with van der Waals surface area (Å²) in [6, 6.07) is 2.23. The Kier molecular flexibility index (Phi) is 6.01. The van der Waals surface area contributed by atoms with Crippen molar-refractivity contribution in [2.45, 2.75) is 39.7 Å². The van der Waals surface area contributed by atoms with Crippen molar-refractivity contribution in [2.24, 2.45) is 0 Å². The molecule has 0 saturated heterocycles. The first-order valence-corrected chi connectivity index (χ1v) is 7.18. The van der Waals surface area contributed by atoms with Gasteiger partial charge in [0.15, 0.2) is 0 Å². The standard InChI is InChI=1S/C14H25ClN4/c1-7-19(11(4)9-18(5)6)13-8-12(15)16-14(17-13)10(2)3/h8,10-11H,7,9H2,1-6H3. The Balaban J connectivity index is 3.03. The summed E-state index contributed by atoms with van der Waals surface area (Å²) in [5, 5.41) is 0.518. The second-order valence-electron chi connectivity index (χ2n) is 5.46. The van der Waals surface area contributed by atoms with Crippen LogP contribution < -0.4 is 4.90 Å². The first kappa shape index (κ1) is 16.2. The van der Waals surface area contributed by atoms with Gasteiger partial charge in [0, 0.05) is 31.1 Å². The zero-order valence-corrected chi connectivity index (χ0v) is 13.6. The number of hydrogen-bond donors (Lipinski definition) is 0. The third kappa shape index (κ3) is 4.62. The molecule has 1 atom stereocenters. The first-order valence-electron chi connectivity index (χ1n) is 6.81. The molecule has 0 aromatic carbocycles. The Morgan fingerprint density at radius 2 is 1.84 bits per heavy atom. The molecule has 5 heteroatoms. The number of aromatic nitrogens is 2. The monoisotopic (exact) mass is 284 g/mol. The highest BCUT2D eigenvalue weighted by atomic mass is 35.5. The van der Waals surface area contributed by atoms with Crippen molar-refractivity contribution in [3.05, 3.63) is 17.0 Å². The van der Waals surface area contributed by atoms with Gasteiger partial charge in [-0.2, -0.15) is 0 Å². The average molecular weight is 285 g/mol. The van der Waals surface area contributed by atoms with Crippen LogP contribution >= 0.6 is 11.6 Å². The number of anilines is 1. The Morgan fingerprint density at radius 3 is 2.32 bits per heavy atom. The van der Waals surface area contributed by atoms with Crippen molar-refractivity contribution >= 4 is 17.4 Å². The van der Waals surface area contributed by atoms with Crippen LogP contribution in [0.4, 0.5) is 5.82 Å². The maximum atomic E-state index is 6.12. The number of nitrogens with zero attached hydrogens (tertiary/aromatic N) is 4. The highest BCUT2D eigenvalue weighted by molar-refractivity contribution is 6.29. The molecule has 1 unspecified atom stereocenters. The largest absolute Gasteiger partial charge is 0.353 e. The van der Waals surface area contributed by atoms with E-state index in [4.69, 9.17) is 11.6 Å². The lowest BCUT2D eigenvalue weighted by molar-refractivity contribution is 0.372. The van der Waals surface area contributed by atoms with Crippen molar-refractivity contribution in [2.75, 3.05) is 32.1 Å². The lowest BCUT2D eigenvalue weighted by atomic mass is 10.2. The van der Waals surface area contributed by atoms with Crippen molar-refractivity contribution < 1.29 is 0 Å². The van der Waals surface area contributed by atoms with Crippen LogP contribution in [0, 0.1) is 0 Å². The third-order valence-corrected chi connectivity index (χ3v) is 3.21. The quantitative estimate of drug-likeness (QED) is 0.752. The first-order chi connectivity index (χ1) is 8.85. The molecule has 0 amide bonds. The number of hydrogen-bond acceptors (Lipinski definition) is 4. The van der Waals surface area contributed by atoms with Gasteiger partial charge in [0.25, 0.3) is 0 Å². The zero-order valence-electron chi connectivity index (χ0n) is 12.8. The van der Waals surface area contributed by atoms with Gasteiger partial charge in [0.1, 0.15) is 16.8 Å². The van der Waals surface area contributed by atoms with Gasteiger partial charge in [-0.3, -0.25) is 0 Å². The molecule has 0 aliphatic rings. The van der Waals surface area contributed by atoms with E-state index in [2.05, 4.69) is 61.6 Å². The van der Waals surface area contributed by atoms with Gasteiger partial charge < -0.3 is 9.80 Å². The van der Waals surface area contributed by atoms with Crippen LogP contribution in [0.5, 0.6) is 0 Å². The Morgan fingerprint density at radius 1 is 1.21 bits per heavy atom. The molecule has 19 heavy (non-hydrogen) atoms. The summed E-state index contributed by atoms with van der Waals surface area (Å²) in [5.41, 5.74) is 0. The fourth-order valence-corrected chi connectivity index (χ4v) is 2.34. The predicted molar refractivity (Wildman–Crippen MR) is 82.2 cm³/mol. The number of halogens is 1. The summed E-state index contributed by atoms with van der Waals surface area (Å²) in [6.45, 7) is 10.4. The molecule has 1 aromatic rings. The second kappa shape index (κ2) is 7.06. The minimum atomic E-state index is 0.278. The molecule has 1 aromatic heterocycles. The average Bonchev–Trinajstić information content (AvgIpc) is 2.27. The third-order valence-electron chi connectivity index (χ3n) is 3.01. The van der Waals surface area contributed by atoms with E-state index in [1.54, 1.807) is 0 Å². The lowest BCUT2D eigenvalue weighted by Gasteiger charge is -2.31. The maximum Gasteiger partial charge on any atom is 0.135 e. The Labute approximate surface area is 121 Å². The number of likely N-dealkylation sites (N-methyl/N-ethyl adjacent to an activating group) is 2. The molecule has 0 radical (unpaired) electrons. The van der Waals surface area contributed by atoms with Crippen LogP contribution in [0.15, 0.2) is 6.07 Å². The lowest BCUT2D eigenvalue weighted by Crippen LogP contribution is -2.40. The van der Waals surface area contributed by atoms with Crippen LogP contribution in [0.3, 0.4) is 0 Å². The molecule has 0 aliphatic carbocycles. The van der Waals surface area contributed by atoms with Crippen LogP contribution in [0.2, 0.25) is 5.15 Å². The molecular weight excluding hydrogens is 260 g/mol. The van der Waals surface area contributed by atoms with Crippen LogP contribution in [0.1, 0.15) is 39.4 Å². The molecule has 0 aliphatic heterocycles. The SMILES string of the molecule is CCN(c1cc(Cl)nc(C(C)C)n1)C(C)CN(C)C. The van der Waals surface area contributed by atoms with E-state index in [-0.39, 0.29) is 5.92 Å². The van der Waals surface area contributed by atoms with Crippen molar-refractivity contribution in [3.8, 4) is 0 Å². The van der Waals surface area contributed by atoms with Gasteiger partial charge in [0.2, 0.25) is 0 Å². The van der Waals surface area contributed by atoms with Crippen molar-refractivity contribution in [3.63, 3.8) is 0 Å². The Hall–Kier alpha value is -0.870. The minimum Gasteiger partial charge on any atom is -0.353 e. The highest BCUT2D eigenvalue weighted by Gasteiger charge is 2.17. The van der Waals surface area contributed by atoms with E-state index in [9.17, 15) is 0 Å². The van der Waals surface area contributed by atoms with Crippen LogP contribution in [-0.2, 0) is 0 Å². The van der Waals surface area contributed by atoms with Gasteiger partial charge in [-0.15, -0.1) is 0 Å². The molecule has 1 heterocycles. The van der Waals surface area contributed by atoms with E-state index in [1.165, 1.54) is 0 Å². The van der Waals surface area contributed by atoms with Crippen LogP contribution in [-0.4, -0.2) is 48.1 Å². The second-order valence-corrected chi connectivity index (χ2v) is 5.85. The molecule has 0 N–H and O–H groups in total. The molecule has 108 valence electrons. The minimum absolute atomic E-state index is 0.278. The topological polar surface area (TPSA) is 32.3 Å². The molecule has 0 fully saturated rings. The molecule has 4 nitrogen and oxygen atoms in total. The van der Waals surface area contributed by atoms with E-state index in [0.717, 1.165) is 24.7 Å². The van der Waals surface area contributed by atoms with Gasteiger partial charge >= 0.3 is 0 Å². The summed E-state index contributed by atoms with van der Waals surface area (Å²) < 4.78 is 0. The van der Waals surface area contributed by atoms with Gasteiger partial charge in [0.05, 0.1) is 0 Å². The summed E-state index contributed by atoms with van der Waals surface area (Å²) in [7, 11) is 4.16. The smallest absolute Gasteiger partial charge is 0.135 e. The zero-order chi connectivity index (χ0) is 14.6. The van der Waals surface area contributed by atoms with E-state index in [0.29, 0.717) is 11.2 Å². The van der Waals surface area contributed by atoms with E-state index < -0.39 is 0 Å². The van der Waals surface area contributed by atoms with E-state index in [1.807, 2.05) is 6.07 Å².